The number of halogens is 1. The van der Waals surface area contributed by atoms with E-state index in [4.69, 9.17) is 11.6 Å². The maximum atomic E-state index is 10.1. The summed E-state index contributed by atoms with van der Waals surface area (Å²) >= 11 is 6.30. The summed E-state index contributed by atoms with van der Waals surface area (Å²) in [5.41, 5.74) is 4.11. The second-order valence-corrected chi connectivity index (χ2v) is 5.67. The fourth-order valence-electron chi connectivity index (χ4n) is 2.54. The van der Waals surface area contributed by atoms with Gasteiger partial charge in [0.2, 0.25) is 0 Å². The third kappa shape index (κ3) is 2.06. The highest BCUT2D eigenvalue weighted by molar-refractivity contribution is 6.38. The summed E-state index contributed by atoms with van der Waals surface area (Å²) in [4.78, 5) is 3.38. The lowest BCUT2D eigenvalue weighted by Gasteiger charge is -2.04. The molecule has 3 rings (SSSR count). The second-order valence-electron chi connectivity index (χ2n) is 5.26. The molecule has 2 aromatic carbocycles. The minimum Gasteiger partial charge on any atom is -0.508 e. The summed E-state index contributed by atoms with van der Waals surface area (Å²) in [7, 11) is 0. The number of nitrogens with one attached hydrogen (secondary N) is 1. The average molecular weight is 286 g/mol. The number of phenolic OH excluding ortho intramolecular Hbond substituents is 1. The van der Waals surface area contributed by atoms with Gasteiger partial charge in [0, 0.05) is 21.9 Å². The molecule has 0 radical (unpaired) electrons. The van der Waals surface area contributed by atoms with Crippen LogP contribution in [0.15, 0.2) is 42.0 Å². The number of phenols is 1. The molecule has 0 aliphatic carbocycles. The third-order valence-electron chi connectivity index (χ3n) is 3.55. The molecule has 0 saturated carbocycles. The van der Waals surface area contributed by atoms with Crippen molar-refractivity contribution in [2.75, 3.05) is 0 Å². The summed E-state index contributed by atoms with van der Waals surface area (Å²) in [6, 6.07) is 9.48. The SMILES string of the molecule is CC(C)=CCc1c(O)ccc2c1[nH]c1cccc(Cl)c12. The fourth-order valence-corrected chi connectivity index (χ4v) is 2.81. The average Bonchev–Trinajstić information content (AvgIpc) is 2.77. The highest BCUT2D eigenvalue weighted by atomic mass is 35.5. The number of fused-ring (bicyclic) bond motifs is 3. The maximum Gasteiger partial charge on any atom is 0.121 e. The van der Waals surface area contributed by atoms with Crippen LogP contribution in [0.1, 0.15) is 19.4 Å². The zero-order chi connectivity index (χ0) is 14.3. The maximum absolute atomic E-state index is 10.1. The molecule has 3 aromatic rings. The van der Waals surface area contributed by atoms with Gasteiger partial charge in [0.05, 0.1) is 10.5 Å². The zero-order valence-corrected chi connectivity index (χ0v) is 12.3. The summed E-state index contributed by atoms with van der Waals surface area (Å²) < 4.78 is 0. The van der Waals surface area contributed by atoms with Crippen molar-refractivity contribution in [2.45, 2.75) is 20.3 Å². The molecule has 20 heavy (non-hydrogen) atoms. The predicted octanol–water partition coefficient (Wildman–Crippen LogP) is 5.19. The standard InChI is InChI=1S/C17H16ClNO/c1-10(2)6-7-11-15(20)9-8-12-16-13(18)4-3-5-14(16)19-17(11)12/h3-6,8-9,19-20H,7H2,1-2H3. The molecule has 1 heterocycles. The first-order chi connectivity index (χ1) is 9.58. The van der Waals surface area contributed by atoms with Gasteiger partial charge in [-0.05, 0) is 44.5 Å². The van der Waals surface area contributed by atoms with Gasteiger partial charge in [0.15, 0.2) is 0 Å². The Balaban J connectivity index is 2.34. The van der Waals surface area contributed by atoms with E-state index in [2.05, 4.69) is 24.9 Å². The van der Waals surface area contributed by atoms with Gasteiger partial charge in [-0.25, -0.2) is 0 Å². The van der Waals surface area contributed by atoms with E-state index in [1.165, 1.54) is 5.57 Å². The normalized spacial score (nSPS) is 11.2. The molecule has 0 aliphatic heterocycles. The molecule has 3 heteroatoms. The van der Waals surface area contributed by atoms with Crippen LogP contribution in [0.5, 0.6) is 5.75 Å². The number of hydrogen-bond donors (Lipinski definition) is 2. The first-order valence-electron chi connectivity index (χ1n) is 6.62. The molecule has 0 bridgehead atoms. The Morgan fingerprint density at radius 2 is 2.05 bits per heavy atom. The van der Waals surface area contributed by atoms with Crippen LogP contribution in [-0.4, -0.2) is 10.1 Å². The zero-order valence-electron chi connectivity index (χ0n) is 11.5. The number of aromatic nitrogens is 1. The molecule has 0 unspecified atom stereocenters. The van der Waals surface area contributed by atoms with Gasteiger partial charge in [-0.2, -0.15) is 0 Å². The van der Waals surface area contributed by atoms with Gasteiger partial charge in [-0.3, -0.25) is 0 Å². The lowest BCUT2D eigenvalue weighted by atomic mass is 10.0. The lowest BCUT2D eigenvalue weighted by Crippen LogP contribution is -1.86. The first-order valence-corrected chi connectivity index (χ1v) is 7.00. The number of allylic oxidation sites excluding steroid dienone is 2. The van der Waals surface area contributed by atoms with Crippen molar-refractivity contribution >= 4 is 33.4 Å². The number of aromatic hydroxyl groups is 1. The quantitative estimate of drug-likeness (QED) is 0.625. The molecule has 0 aliphatic rings. The van der Waals surface area contributed by atoms with E-state index in [1.807, 2.05) is 24.3 Å². The Labute approximate surface area is 122 Å². The highest BCUT2D eigenvalue weighted by Gasteiger charge is 2.13. The van der Waals surface area contributed by atoms with Crippen LogP contribution >= 0.6 is 11.6 Å². The predicted molar refractivity (Wildman–Crippen MR) is 85.6 cm³/mol. The third-order valence-corrected chi connectivity index (χ3v) is 3.86. The van der Waals surface area contributed by atoms with Crippen LogP contribution in [0.3, 0.4) is 0 Å². The molecule has 0 saturated heterocycles. The largest absolute Gasteiger partial charge is 0.508 e. The smallest absolute Gasteiger partial charge is 0.121 e. The van der Waals surface area contributed by atoms with Crippen molar-refractivity contribution in [3.05, 3.63) is 52.6 Å². The van der Waals surface area contributed by atoms with Gasteiger partial charge in [0.1, 0.15) is 5.75 Å². The van der Waals surface area contributed by atoms with Crippen LogP contribution < -0.4 is 0 Å². The van der Waals surface area contributed by atoms with E-state index < -0.39 is 0 Å². The second kappa shape index (κ2) is 4.88. The van der Waals surface area contributed by atoms with Gasteiger partial charge in [-0.15, -0.1) is 0 Å². The van der Waals surface area contributed by atoms with Gasteiger partial charge in [-0.1, -0.05) is 29.3 Å². The summed E-state index contributed by atoms with van der Waals surface area (Å²) in [5, 5.41) is 12.9. The van der Waals surface area contributed by atoms with Crippen LogP contribution in [-0.2, 0) is 6.42 Å². The fraction of sp³-hybridized carbons (Fsp3) is 0.176. The van der Waals surface area contributed by atoms with Gasteiger partial charge < -0.3 is 10.1 Å². The molecule has 102 valence electrons. The molecule has 0 amide bonds. The number of H-pyrrole nitrogens is 1. The Morgan fingerprint density at radius 3 is 2.80 bits per heavy atom. The Morgan fingerprint density at radius 1 is 1.25 bits per heavy atom. The van der Waals surface area contributed by atoms with E-state index in [0.717, 1.165) is 32.4 Å². The number of aromatic amines is 1. The van der Waals surface area contributed by atoms with Crippen molar-refractivity contribution in [3.63, 3.8) is 0 Å². The molecule has 1 aromatic heterocycles. The van der Waals surface area contributed by atoms with Crippen molar-refractivity contribution in [1.29, 1.82) is 0 Å². The summed E-state index contributed by atoms with van der Waals surface area (Å²) in [6.45, 7) is 4.11. The Bertz CT molecular complexity index is 826. The van der Waals surface area contributed by atoms with E-state index in [9.17, 15) is 5.11 Å². The van der Waals surface area contributed by atoms with Gasteiger partial charge >= 0.3 is 0 Å². The van der Waals surface area contributed by atoms with Gasteiger partial charge in [0.25, 0.3) is 0 Å². The molecule has 2 nitrogen and oxygen atoms in total. The van der Waals surface area contributed by atoms with Crippen molar-refractivity contribution in [1.82, 2.24) is 4.98 Å². The minimum absolute atomic E-state index is 0.317. The Hall–Kier alpha value is -1.93. The minimum atomic E-state index is 0.317. The number of benzene rings is 2. The highest BCUT2D eigenvalue weighted by Crippen LogP contribution is 2.36. The van der Waals surface area contributed by atoms with E-state index in [1.54, 1.807) is 6.07 Å². The summed E-state index contributed by atoms with van der Waals surface area (Å²) in [5.74, 6) is 0.317. The molecule has 0 atom stereocenters. The molecular formula is C17H16ClNO. The molecular weight excluding hydrogens is 270 g/mol. The van der Waals surface area contributed by atoms with Crippen molar-refractivity contribution < 1.29 is 5.11 Å². The summed E-state index contributed by atoms with van der Waals surface area (Å²) in [6.07, 6.45) is 2.82. The molecule has 0 spiro atoms. The number of hydrogen-bond acceptors (Lipinski definition) is 1. The van der Waals surface area contributed by atoms with Crippen molar-refractivity contribution in [3.8, 4) is 5.75 Å². The van der Waals surface area contributed by atoms with Crippen LogP contribution in [0.25, 0.3) is 21.8 Å². The van der Waals surface area contributed by atoms with E-state index in [0.29, 0.717) is 12.2 Å². The topological polar surface area (TPSA) is 36.0 Å². The van der Waals surface area contributed by atoms with E-state index >= 15 is 0 Å². The number of rotatable bonds is 2. The Kier molecular flexibility index (Phi) is 3.19. The molecule has 0 fully saturated rings. The van der Waals surface area contributed by atoms with Crippen LogP contribution in [0.4, 0.5) is 0 Å². The lowest BCUT2D eigenvalue weighted by molar-refractivity contribution is 0.471. The van der Waals surface area contributed by atoms with E-state index in [-0.39, 0.29) is 0 Å². The van der Waals surface area contributed by atoms with Crippen LogP contribution in [0, 0.1) is 0 Å². The first kappa shape index (κ1) is 13.1. The monoisotopic (exact) mass is 285 g/mol. The molecule has 2 N–H and O–H groups in total. The van der Waals surface area contributed by atoms with Crippen molar-refractivity contribution in [2.24, 2.45) is 0 Å². The van der Waals surface area contributed by atoms with Crippen LogP contribution in [0.2, 0.25) is 5.02 Å².